The van der Waals surface area contributed by atoms with E-state index in [1.807, 2.05) is 24.3 Å². The summed E-state index contributed by atoms with van der Waals surface area (Å²) in [5.74, 6) is 0.545. The largest absolute Gasteiger partial charge is 0.476 e. The number of morpholine rings is 1. The SMILES string of the molecule is Clc1nnc(OCCCCCCOCc2ccccc2)c2ccc(N3CCOCC3)cc12. The molecule has 2 aromatic carbocycles. The van der Waals surface area contributed by atoms with Crippen LogP contribution in [-0.4, -0.2) is 49.7 Å². The summed E-state index contributed by atoms with van der Waals surface area (Å²) >= 11 is 6.34. The smallest absolute Gasteiger partial charge is 0.241 e. The molecule has 1 fully saturated rings. The van der Waals surface area contributed by atoms with Crippen LogP contribution in [-0.2, 0) is 16.1 Å². The molecule has 0 atom stereocenters. The third kappa shape index (κ3) is 6.31. The third-order valence-corrected chi connectivity index (χ3v) is 5.87. The van der Waals surface area contributed by atoms with E-state index in [4.69, 9.17) is 25.8 Å². The Labute approximate surface area is 194 Å². The molecule has 4 rings (SSSR count). The molecule has 1 aliphatic rings. The predicted octanol–water partition coefficient (Wildman–Crippen LogP) is 5.28. The minimum Gasteiger partial charge on any atom is -0.476 e. The second kappa shape index (κ2) is 12.0. The zero-order valence-electron chi connectivity index (χ0n) is 18.3. The fourth-order valence-electron chi connectivity index (χ4n) is 3.80. The summed E-state index contributed by atoms with van der Waals surface area (Å²) in [6, 6.07) is 16.5. The zero-order valence-corrected chi connectivity index (χ0v) is 19.1. The van der Waals surface area contributed by atoms with E-state index in [1.54, 1.807) is 0 Å². The van der Waals surface area contributed by atoms with Crippen LogP contribution < -0.4 is 9.64 Å². The van der Waals surface area contributed by atoms with E-state index < -0.39 is 0 Å². The van der Waals surface area contributed by atoms with Crippen LogP contribution >= 0.6 is 11.6 Å². The summed E-state index contributed by atoms with van der Waals surface area (Å²) in [4.78, 5) is 2.30. The van der Waals surface area contributed by atoms with E-state index in [0.717, 1.165) is 75.1 Å². The van der Waals surface area contributed by atoms with Gasteiger partial charge in [0.2, 0.25) is 5.88 Å². The Hall–Kier alpha value is -2.41. The first-order chi connectivity index (χ1) is 15.8. The van der Waals surface area contributed by atoms with Crippen molar-refractivity contribution in [3.8, 4) is 5.88 Å². The molecule has 0 saturated carbocycles. The van der Waals surface area contributed by atoms with Crippen molar-refractivity contribution in [1.82, 2.24) is 10.2 Å². The molecule has 2 heterocycles. The standard InChI is InChI=1S/C25H30ClN3O3/c26-24-23-18-21(29-12-16-30-17-13-29)10-11-22(23)25(28-27-24)32-15-7-2-1-6-14-31-19-20-8-4-3-5-9-20/h3-5,8-11,18H,1-2,6-7,12-17,19H2. The Kier molecular flexibility index (Phi) is 8.54. The van der Waals surface area contributed by atoms with Gasteiger partial charge in [-0.05, 0) is 43.0 Å². The molecule has 0 amide bonds. The lowest BCUT2D eigenvalue weighted by Crippen LogP contribution is -2.36. The Morgan fingerprint density at radius 1 is 0.875 bits per heavy atom. The molecule has 32 heavy (non-hydrogen) atoms. The number of aromatic nitrogens is 2. The molecule has 7 heteroatoms. The van der Waals surface area contributed by atoms with E-state index in [-0.39, 0.29) is 0 Å². The number of ether oxygens (including phenoxy) is 3. The zero-order chi connectivity index (χ0) is 22.0. The van der Waals surface area contributed by atoms with Gasteiger partial charge in [0.15, 0.2) is 5.15 Å². The molecule has 1 aliphatic heterocycles. The van der Waals surface area contributed by atoms with E-state index in [9.17, 15) is 0 Å². The predicted molar refractivity (Wildman–Crippen MR) is 128 cm³/mol. The fraction of sp³-hybridized carbons (Fsp3) is 0.440. The number of fused-ring (bicyclic) bond motifs is 1. The summed E-state index contributed by atoms with van der Waals surface area (Å²) in [5, 5.41) is 10.4. The molecule has 3 aromatic rings. The van der Waals surface area contributed by atoms with Gasteiger partial charge < -0.3 is 19.1 Å². The maximum atomic E-state index is 6.34. The number of anilines is 1. The van der Waals surface area contributed by atoms with Gasteiger partial charge in [-0.15, -0.1) is 10.2 Å². The van der Waals surface area contributed by atoms with E-state index in [0.29, 0.717) is 24.2 Å². The Bertz CT molecular complexity index is 981. The van der Waals surface area contributed by atoms with Crippen molar-refractivity contribution >= 4 is 28.1 Å². The van der Waals surface area contributed by atoms with Crippen LogP contribution in [0.1, 0.15) is 31.2 Å². The van der Waals surface area contributed by atoms with Crippen molar-refractivity contribution in [3.05, 3.63) is 59.2 Å². The first kappa shape index (κ1) is 22.8. The molecule has 0 aliphatic carbocycles. The Morgan fingerprint density at radius 2 is 1.66 bits per heavy atom. The van der Waals surface area contributed by atoms with Crippen LogP contribution in [0.3, 0.4) is 0 Å². The molecule has 6 nitrogen and oxygen atoms in total. The number of nitrogens with zero attached hydrogens (tertiary/aromatic N) is 3. The van der Waals surface area contributed by atoms with Crippen LogP contribution in [0, 0.1) is 0 Å². The van der Waals surface area contributed by atoms with Gasteiger partial charge in [0, 0.05) is 36.2 Å². The highest BCUT2D eigenvalue weighted by Gasteiger charge is 2.15. The second-order valence-electron chi connectivity index (χ2n) is 7.93. The van der Waals surface area contributed by atoms with Crippen LogP contribution in [0.15, 0.2) is 48.5 Å². The van der Waals surface area contributed by atoms with Crippen molar-refractivity contribution in [2.24, 2.45) is 0 Å². The highest BCUT2D eigenvalue weighted by Crippen LogP contribution is 2.31. The molecule has 0 spiro atoms. The molecular weight excluding hydrogens is 426 g/mol. The molecule has 0 unspecified atom stereocenters. The van der Waals surface area contributed by atoms with Crippen molar-refractivity contribution in [3.63, 3.8) is 0 Å². The average molecular weight is 456 g/mol. The van der Waals surface area contributed by atoms with Gasteiger partial charge in [0.05, 0.1) is 26.4 Å². The monoisotopic (exact) mass is 455 g/mol. The van der Waals surface area contributed by atoms with E-state index in [1.165, 1.54) is 5.56 Å². The Balaban J connectivity index is 1.20. The van der Waals surface area contributed by atoms with Gasteiger partial charge >= 0.3 is 0 Å². The van der Waals surface area contributed by atoms with E-state index in [2.05, 4.69) is 39.4 Å². The molecular formula is C25H30ClN3O3. The van der Waals surface area contributed by atoms with Gasteiger partial charge in [-0.1, -0.05) is 48.4 Å². The molecule has 1 aromatic heterocycles. The van der Waals surface area contributed by atoms with Gasteiger partial charge in [0.1, 0.15) is 0 Å². The normalized spacial score (nSPS) is 14.1. The lowest BCUT2D eigenvalue weighted by molar-refractivity contribution is 0.116. The number of hydrogen-bond donors (Lipinski definition) is 0. The lowest BCUT2D eigenvalue weighted by atomic mass is 10.1. The van der Waals surface area contributed by atoms with Crippen LogP contribution in [0.2, 0.25) is 5.15 Å². The molecule has 0 bridgehead atoms. The van der Waals surface area contributed by atoms with Crippen LogP contribution in [0.25, 0.3) is 10.8 Å². The first-order valence-electron chi connectivity index (χ1n) is 11.3. The highest BCUT2D eigenvalue weighted by molar-refractivity contribution is 6.34. The lowest BCUT2D eigenvalue weighted by Gasteiger charge is -2.29. The van der Waals surface area contributed by atoms with Crippen molar-refractivity contribution in [1.29, 1.82) is 0 Å². The van der Waals surface area contributed by atoms with Crippen molar-refractivity contribution in [2.45, 2.75) is 32.3 Å². The maximum Gasteiger partial charge on any atom is 0.241 e. The minimum absolute atomic E-state index is 0.401. The number of halogens is 1. The Morgan fingerprint density at radius 3 is 2.47 bits per heavy atom. The molecule has 170 valence electrons. The molecule has 0 N–H and O–H groups in total. The van der Waals surface area contributed by atoms with Crippen molar-refractivity contribution in [2.75, 3.05) is 44.4 Å². The fourth-order valence-corrected chi connectivity index (χ4v) is 4.00. The van der Waals surface area contributed by atoms with Gasteiger partial charge in [-0.25, -0.2) is 0 Å². The summed E-state index contributed by atoms with van der Waals surface area (Å²) in [7, 11) is 0. The van der Waals surface area contributed by atoms with Gasteiger partial charge in [-0.2, -0.15) is 0 Å². The maximum absolute atomic E-state index is 6.34. The molecule has 0 radical (unpaired) electrons. The van der Waals surface area contributed by atoms with E-state index >= 15 is 0 Å². The molecule has 1 saturated heterocycles. The minimum atomic E-state index is 0.401. The van der Waals surface area contributed by atoms with Crippen LogP contribution in [0.5, 0.6) is 5.88 Å². The summed E-state index contributed by atoms with van der Waals surface area (Å²) in [6.07, 6.45) is 4.24. The number of benzene rings is 2. The summed E-state index contributed by atoms with van der Waals surface area (Å²) in [5.41, 5.74) is 2.34. The first-order valence-corrected chi connectivity index (χ1v) is 11.7. The summed E-state index contributed by atoms with van der Waals surface area (Å²) < 4.78 is 17.1. The number of rotatable bonds is 11. The number of hydrogen-bond acceptors (Lipinski definition) is 6. The van der Waals surface area contributed by atoms with Gasteiger partial charge in [0.25, 0.3) is 0 Å². The average Bonchev–Trinajstić information content (AvgIpc) is 2.85. The summed E-state index contributed by atoms with van der Waals surface area (Å²) in [6.45, 7) is 5.32. The quantitative estimate of drug-likeness (QED) is 0.367. The van der Waals surface area contributed by atoms with Gasteiger partial charge in [-0.3, -0.25) is 0 Å². The van der Waals surface area contributed by atoms with Crippen molar-refractivity contribution < 1.29 is 14.2 Å². The topological polar surface area (TPSA) is 56.7 Å². The highest BCUT2D eigenvalue weighted by atomic mass is 35.5. The van der Waals surface area contributed by atoms with Crippen LogP contribution in [0.4, 0.5) is 5.69 Å². The number of unbranched alkanes of at least 4 members (excludes halogenated alkanes) is 3. The third-order valence-electron chi connectivity index (χ3n) is 5.59. The second-order valence-corrected chi connectivity index (χ2v) is 8.28.